The molecule has 0 N–H and O–H groups in total. The van der Waals surface area contributed by atoms with Gasteiger partial charge in [-0.05, 0) is 45.4 Å². The van der Waals surface area contributed by atoms with Crippen LogP contribution in [0.1, 0.15) is 72.4 Å². The molecule has 0 bridgehead atoms. The van der Waals surface area contributed by atoms with Crippen molar-refractivity contribution in [3.8, 4) is 11.5 Å². The summed E-state index contributed by atoms with van der Waals surface area (Å²) in [4.78, 5) is 0. The fourth-order valence-electron chi connectivity index (χ4n) is 5.21. The Morgan fingerprint density at radius 3 is 1.89 bits per heavy atom. The standard InChI is InChI=1S/C29H26F2N2O2/c1-28(2,3)18-14-12-17(13-15-18)27-33-32-23(35-27)16-34-26-21-10-6-4-8-19(21)24-25(29(24,30)31)20-9-5-7-11-22(20)26/h4-15,24-26H,16H2,1-3H3. The molecule has 2 atom stereocenters. The highest BCUT2D eigenvalue weighted by molar-refractivity contribution is 5.56. The average Bonchev–Trinajstić information content (AvgIpc) is 3.17. The molecule has 0 aliphatic heterocycles. The van der Waals surface area contributed by atoms with Crippen LogP contribution in [0.3, 0.4) is 0 Å². The predicted octanol–water partition coefficient (Wildman–Crippen LogP) is 7.17. The van der Waals surface area contributed by atoms with Gasteiger partial charge in [-0.15, -0.1) is 10.2 Å². The second kappa shape index (κ2) is 7.82. The van der Waals surface area contributed by atoms with E-state index in [4.69, 9.17) is 9.15 Å². The molecule has 178 valence electrons. The molecule has 4 nitrogen and oxygen atoms in total. The highest BCUT2D eigenvalue weighted by Gasteiger charge is 2.71. The highest BCUT2D eigenvalue weighted by Crippen LogP contribution is 2.70. The van der Waals surface area contributed by atoms with Crippen molar-refractivity contribution in [2.75, 3.05) is 0 Å². The van der Waals surface area contributed by atoms with Crippen LogP contribution in [0, 0.1) is 0 Å². The zero-order chi connectivity index (χ0) is 24.4. The maximum Gasteiger partial charge on any atom is 0.263 e. The van der Waals surface area contributed by atoms with Gasteiger partial charge in [-0.2, -0.15) is 0 Å². The van der Waals surface area contributed by atoms with Crippen LogP contribution >= 0.6 is 0 Å². The third kappa shape index (κ3) is 3.67. The number of aromatic nitrogens is 2. The lowest BCUT2D eigenvalue weighted by Crippen LogP contribution is -2.12. The van der Waals surface area contributed by atoms with Crippen LogP contribution in [-0.2, 0) is 16.8 Å². The first-order valence-corrected chi connectivity index (χ1v) is 11.9. The van der Waals surface area contributed by atoms with Crippen molar-refractivity contribution in [2.45, 2.75) is 56.7 Å². The monoisotopic (exact) mass is 472 g/mol. The Labute approximate surface area is 203 Å². The van der Waals surface area contributed by atoms with Gasteiger partial charge >= 0.3 is 0 Å². The van der Waals surface area contributed by atoms with Crippen LogP contribution in [-0.4, -0.2) is 16.1 Å². The van der Waals surface area contributed by atoms with E-state index >= 15 is 0 Å². The largest absolute Gasteiger partial charge is 0.418 e. The van der Waals surface area contributed by atoms with Gasteiger partial charge in [-0.1, -0.05) is 81.4 Å². The van der Waals surface area contributed by atoms with Gasteiger partial charge in [-0.25, -0.2) is 8.78 Å². The quantitative estimate of drug-likeness (QED) is 0.316. The van der Waals surface area contributed by atoms with Crippen molar-refractivity contribution in [2.24, 2.45) is 0 Å². The topological polar surface area (TPSA) is 48.2 Å². The normalized spacial score (nSPS) is 22.0. The Morgan fingerprint density at radius 2 is 1.34 bits per heavy atom. The molecule has 2 aliphatic rings. The predicted molar refractivity (Wildman–Crippen MR) is 128 cm³/mol. The van der Waals surface area contributed by atoms with Gasteiger partial charge in [-0.3, -0.25) is 0 Å². The third-order valence-electron chi connectivity index (χ3n) is 7.12. The number of hydrogen-bond acceptors (Lipinski definition) is 4. The molecule has 3 aromatic carbocycles. The molecule has 4 aromatic rings. The van der Waals surface area contributed by atoms with Crippen molar-refractivity contribution in [3.63, 3.8) is 0 Å². The number of halogens is 2. The summed E-state index contributed by atoms with van der Waals surface area (Å²) in [5.74, 6) is -3.62. The number of rotatable bonds is 4. The first kappa shape index (κ1) is 22.1. The Balaban J connectivity index is 1.28. The van der Waals surface area contributed by atoms with E-state index < -0.39 is 23.9 Å². The van der Waals surface area contributed by atoms with Crippen molar-refractivity contribution in [1.82, 2.24) is 10.2 Å². The minimum absolute atomic E-state index is 0.0578. The second-order valence-corrected chi connectivity index (χ2v) is 10.4. The average molecular weight is 473 g/mol. The molecule has 2 unspecified atom stereocenters. The summed E-state index contributed by atoms with van der Waals surface area (Å²) in [5.41, 5.74) is 4.94. The first-order chi connectivity index (χ1) is 16.7. The van der Waals surface area contributed by atoms with E-state index in [-0.39, 0.29) is 12.0 Å². The molecule has 0 spiro atoms. The molecular formula is C29H26F2N2O2. The fourth-order valence-corrected chi connectivity index (χ4v) is 5.21. The lowest BCUT2D eigenvalue weighted by Gasteiger charge is -2.22. The minimum Gasteiger partial charge on any atom is -0.418 e. The number of nitrogens with zero attached hydrogens (tertiary/aromatic N) is 2. The molecule has 2 aliphatic carbocycles. The van der Waals surface area contributed by atoms with Gasteiger partial charge in [0.25, 0.3) is 5.92 Å². The van der Waals surface area contributed by atoms with Crippen LogP contribution in [0.4, 0.5) is 8.78 Å². The van der Waals surface area contributed by atoms with Crippen molar-refractivity contribution in [3.05, 3.63) is 107 Å². The fraction of sp³-hybridized carbons (Fsp3) is 0.310. The summed E-state index contributed by atoms with van der Waals surface area (Å²) in [5, 5.41) is 8.36. The molecule has 0 amide bonds. The van der Waals surface area contributed by atoms with Gasteiger partial charge in [0, 0.05) is 5.56 Å². The lowest BCUT2D eigenvalue weighted by molar-refractivity contribution is 0.0498. The molecule has 1 saturated carbocycles. The maximum atomic E-state index is 14.8. The van der Waals surface area contributed by atoms with Gasteiger partial charge in [0.1, 0.15) is 12.7 Å². The van der Waals surface area contributed by atoms with E-state index in [0.717, 1.165) is 16.7 Å². The van der Waals surface area contributed by atoms with Crippen LogP contribution < -0.4 is 0 Å². The third-order valence-corrected chi connectivity index (χ3v) is 7.12. The van der Waals surface area contributed by atoms with Crippen LogP contribution in [0.15, 0.2) is 77.2 Å². The second-order valence-electron chi connectivity index (χ2n) is 10.4. The molecule has 6 rings (SSSR count). The number of hydrogen-bond donors (Lipinski definition) is 0. The molecule has 6 heteroatoms. The Kier molecular flexibility index (Phi) is 4.94. The van der Waals surface area contributed by atoms with Crippen molar-refractivity contribution in [1.29, 1.82) is 0 Å². The van der Waals surface area contributed by atoms with Crippen LogP contribution in [0.2, 0.25) is 0 Å². The molecule has 1 aromatic heterocycles. The molecule has 0 radical (unpaired) electrons. The summed E-state index contributed by atoms with van der Waals surface area (Å²) in [6.07, 6.45) is -0.493. The van der Waals surface area contributed by atoms with E-state index in [1.165, 1.54) is 5.56 Å². The van der Waals surface area contributed by atoms with E-state index in [1.807, 2.05) is 48.5 Å². The number of alkyl halides is 2. The Hall–Kier alpha value is -3.38. The summed E-state index contributed by atoms with van der Waals surface area (Å²) >= 11 is 0. The molecule has 1 fully saturated rings. The van der Waals surface area contributed by atoms with Gasteiger partial charge < -0.3 is 9.15 Å². The summed E-state index contributed by atoms with van der Waals surface area (Å²) in [6, 6.07) is 22.8. The van der Waals surface area contributed by atoms with E-state index in [0.29, 0.717) is 22.9 Å². The van der Waals surface area contributed by atoms with E-state index in [2.05, 4.69) is 43.1 Å². The number of benzene rings is 3. The van der Waals surface area contributed by atoms with Gasteiger partial charge in [0.05, 0.1) is 11.8 Å². The SMILES string of the molecule is CC(C)(C)c1ccc(-c2nnc(COC3c4ccccc4C4C(c5ccccc53)C4(F)F)o2)cc1. The van der Waals surface area contributed by atoms with E-state index in [9.17, 15) is 8.78 Å². The summed E-state index contributed by atoms with van der Waals surface area (Å²) in [6.45, 7) is 6.57. The molecular weight excluding hydrogens is 446 g/mol. The Morgan fingerprint density at radius 1 is 0.800 bits per heavy atom. The zero-order valence-corrected chi connectivity index (χ0v) is 19.8. The van der Waals surface area contributed by atoms with Gasteiger partial charge in [0.15, 0.2) is 0 Å². The minimum atomic E-state index is -2.75. The molecule has 35 heavy (non-hydrogen) atoms. The van der Waals surface area contributed by atoms with Crippen molar-refractivity contribution >= 4 is 0 Å². The smallest absolute Gasteiger partial charge is 0.263 e. The molecule has 0 saturated heterocycles. The number of ether oxygens (including phenoxy) is 1. The Bertz CT molecular complexity index is 1330. The highest BCUT2D eigenvalue weighted by atomic mass is 19.3. The van der Waals surface area contributed by atoms with Crippen LogP contribution in [0.5, 0.6) is 0 Å². The maximum absolute atomic E-state index is 14.8. The zero-order valence-electron chi connectivity index (χ0n) is 19.8. The molecule has 1 heterocycles. The first-order valence-electron chi connectivity index (χ1n) is 11.9. The van der Waals surface area contributed by atoms with Gasteiger partial charge in [0.2, 0.25) is 11.8 Å². The summed E-state index contributed by atoms with van der Waals surface area (Å²) in [7, 11) is 0. The van der Waals surface area contributed by atoms with E-state index in [1.54, 1.807) is 12.1 Å². The van der Waals surface area contributed by atoms with Crippen LogP contribution in [0.25, 0.3) is 11.5 Å². The summed E-state index contributed by atoms with van der Waals surface area (Å²) < 4.78 is 41.8. The number of fused-ring (bicyclic) bond motifs is 5. The van der Waals surface area contributed by atoms with Crippen molar-refractivity contribution < 1.29 is 17.9 Å². The lowest BCUT2D eigenvalue weighted by atomic mass is 9.87.